The molecule has 0 unspecified atom stereocenters. The van der Waals surface area contributed by atoms with Crippen LogP contribution in [0.25, 0.3) is 20.7 Å². The Kier molecular flexibility index (Phi) is 5.83. The topological polar surface area (TPSA) is 61.4 Å². The molecule has 4 rings (SSSR count). The molecule has 146 valence electrons. The highest BCUT2D eigenvalue weighted by atomic mass is 32.1. The molecule has 6 nitrogen and oxygen atoms in total. The molecule has 0 spiro atoms. The summed E-state index contributed by atoms with van der Waals surface area (Å²) < 4.78 is 0. The lowest BCUT2D eigenvalue weighted by Gasteiger charge is -2.23. The Labute approximate surface area is 169 Å². The Hall–Kier alpha value is -2.51. The first-order valence-electron chi connectivity index (χ1n) is 9.72. The zero-order valence-corrected chi connectivity index (χ0v) is 16.9. The van der Waals surface area contributed by atoms with Gasteiger partial charge in [-0.2, -0.15) is 0 Å². The van der Waals surface area contributed by atoms with E-state index in [-0.39, 0.29) is 5.91 Å². The number of carbonyl (C=O) groups is 1. The fourth-order valence-electron chi connectivity index (χ4n) is 3.51. The molecule has 3 heterocycles. The number of carbonyl (C=O) groups excluding carboxylic acids is 1. The standard InChI is InChI=1S/C21H25N5OS/c1-25(12-8-19(27)26-11-5-9-22-10-13-26)20-17-14-18(16-6-3-2-4-7-16)28-21(17)24-15-23-20/h2-4,6-7,14-15,22H,5,8-13H2,1H3. The fourth-order valence-corrected chi connectivity index (χ4v) is 4.51. The number of nitrogens with zero attached hydrogens (tertiary/aromatic N) is 4. The molecule has 1 fully saturated rings. The Balaban J connectivity index is 1.48. The third-order valence-corrected chi connectivity index (χ3v) is 6.17. The van der Waals surface area contributed by atoms with Gasteiger partial charge in [0.05, 0.1) is 5.39 Å². The quantitative estimate of drug-likeness (QED) is 0.720. The van der Waals surface area contributed by atoms with E-state index in [1.807, 2.05) is 30.1 Å². The minimum atomic E-state index is 0.219. The summed E-state index contributed by atoms with van der Waals surface area (Å²) in [5.41, 5.74) is 1.18. The van der Waals surface area contributed by atoms with Crippen LogP contribution < -0.4 is 10.2 Å². The zero-order chi connectivity index (χ0) is 19.3. The van der Waals surface area contributed by atoms with E-state index >= 15 is 0 Å². The molecule has 1 aliphatic heterocycles. The highest BCUT2D eigenvalue weighted by Gasteiger charge is 2.17. The van der Waals surface area contributed by atoms with E-state index in [2.05, 4.69) is 38.4 Å². The molecule has 0 aliphatic carbocycles. The molecular formula is C21H25N5OS. The highest BCUT2D eigenvalue weighted by molar-refractivity contribution is 7.21. The minimum absolute atomic E-state index is 0.219. The Bertz CT molecular complexity index is 934. The number of nitrogens with one attached hydrogen (secondary N) is 1. The zero-order valence-electron chi connectivity index (χ0n) is 16.1. The number of anilines is 1. The van der Waals surface area contributed by atoms with Gasteiger partial charge in [0.2, 0.25) is 5.91 Å². The van der Waals surface area contributed by atoms with E-state index in [9.17, 15) is 4.79 Å². The maximum atomic E-state index is 12.6. The van der Waals surface area contributed by atoms with E-state index < -0.39 is 0 Å². The summed E-state index contributed by atoms with van der Waals surface area (Å²) in [6.45, 7) is 4.16. The van der Waals surface area contributed by atoms with Crippen molar-refractivity contribution in [2.75, 3.05) is 44.7 Å². The number of thiophene rings is 1. The van der Waals surface area contributed by atoms with Gasteiger partial charge in [-0.25, -0.2) is 9.97 Å². The van der Waals surface area contributed by atoms with Gasteiger partial charge in [-0.05, 0) is 24.6 Å². The molecular weight excluding hydrogens is 370 g/mol. The van der Waals surface area contributed by atoms with Crippen LogP contribution in [0.3, 0.4) is 0 Å². The van der Waals surface area contributed by atoms with Crippen molar-refractivity contribution in [2.24, 2.45) is 0 Å². The average molecular weight is 396 g/mol. The second-order valence-electron chi connectivity index (χ2n) is 7.05. The smallest absolute Gasteiger partial charge is 0.224 e. The molecule has 0 radical (unpaired) electrons. The number of aromatic nitrogens is 2. The van der Waals surface area contributed by atoms with Crippen LogP contribution in [0, 0.1) is 0 Å². The Morgan fingerprint density at radius 1 is 1.21 bits per heavy atom. The van der Waals surface area contributed by atoms with Crippen LogP contribution in [0.2, 0.25) is 0 Å². The third kappa shape index (κ3) is 4.15. The number of hydrogen-bond donors (Lipinski definition) is 1. The number of amides is 1. The molecule has 1 amide bonds. The summed E-state index contributed by atoms with van der Waals surface area (Å²) in [4.78, 5) is 27.7. The number of rotatable bonds is 5. The molecule has 0 bridgehead atoms. The van der Waals surface area contributed by atoms with Gasteiger partial charge in [0.15, 0.2) is 0 Å². The molecule has 3 aromatic rings. The first-order chi connectivity index (χ1) is 13.7. The lowest BCUT2D eigenvalue weighted by Crippen LogP contribution is -2.36. The van der Waals surface area contributed by atoms with Gasteiger partial charge >= 0.3 is 0 Å². The maximum Gasteiger partial charge on any atom is 0.224 e. The predicted octanol–water partition coefficient (Wildman–Crippen LogP) is 3.01. The molecule has 1 aromatic carbocycles. The molecule has 28 heavy (non-hydrogen) atoms. The highest BCUT2D eigenvalue weighted by Crippen LogP contribution is 2.35. The van der Waals surface area contributed by atoms with Crippen LogP contribution in [0.1, 0.15) is 12.8 Å². The lowest BCUT2D eigenvalue weighted by molar-refractivity contribution is -0.130. The van der Waals surface area contributed by atoms with Crippen molar-refractivity contribution in [3.8, 4) is 10.4 Å². The van der Waals surface area contributed by atoms with Crippen LogP contribution in [-0.4, -0.2) is 60.5 Å². The molecule has 1 N–H and O–H groups in total. The van der Waals surface area contributed by atoms with Gasteiger partial charge in [0.1, 0.15) is 17.0 Å². The summed E-state index contributed by atoms with van der Waals surface area (Å²) in [6, 6.07) is 12.5. The Morgan fingerprint density at radius 3 is 2.93 bits per heavy atom. The second kappa shape index (κ2) is 8.67. The monoisotopic (exact) mass is 395 g/mol. The van der Waals surface area contributed by atoms with Crippen molar-refractivity contribution in [1.29, 1.82) is 0 Å². The third-order valence-electron chi connectivity index (χ3n) is 5.08. The first kappa shape index (κ1) is 18.8. The number of fused-ring (bicyclic) bond motifs is 1. The van der Waals surface area contributed by atoms with Crippen molar-refractivity contribution >= 4 is 33.3 Å². The molecule has 2 aromatic heterocycles. The predicted molar refractivity (Wildman–Crippen MR) is 115 cm³/mol. The van der Waals surface area contributed by atoms with E-state index in [4.69, 9.17) is 0 Å². The average Bonchev–Trinajstić information content (AvgIpc) is 2.99. The Morgan fingerprint density at radius 2 is 2.07 bits per heavy atom. The van der Waals surface area contributed by atoms with Crippen molar-refractivity contribution in [3.05, 3.63) is 42.7 Å². The fraction of sp³-hybridized carbons (Fsp3) is 0.381. The maximum absolute atomic E-state index is 12.6. The molecule has 0 atom stereocenters. The number of benzene rings is 1. The van der Waals surface area contributed by atoms with Gasteiger partial charge in [-0.3, -0.25) is 4.79 Å². The van der Waals surface area contributed by atoms with E-state index in [1.165, 1.54) is 10.4 Å². The van der Waals surface area contributed by atoms with Crippen molar-refractivity contribution in [1.82, 2.24) is 20.2 Å². The summed E-state index contributed by atoms with van der Waals surface area (Å²) in [5.74, 6) is 1.10. The largest absolute Gasteiger partial charge is 0.359 e. The van der Waals surface area contributed by atoms with Gasteiger partial charge in [-0.1, -0.05) is 30.3 Å². The normalized spacial score (nSPS) is 14.8. The SMILES string of the molecule is CN(CCC(=O)N1CCCNCC1)c1ncnc2sc(-c3ccccc3)cc12. The van der Waals surface area contributed by atoms with Gasteiger partial charge in [-0.15, -0.1) is 11.3 Å². The van der Waals surface area contributed by atoms with Crippen LogP contribution in [0.15, 0.2) is 42.7 Å². The first-order valence-corrected chi connectivity index (χ1v) is 10.5. The summed E-state index contributed by atoms with van der Waals surface area (Å²) in [5, 5.41) is 4.38. The van der Waals surface area contributed by atoms with Gasteiger partial charge < -0.3 is 15.1 Å². The van der Waals surface area contributed by atoms with E-state index in [0.29, 0.717) is 13.0 Å². The molecule has 1 aliphatic rings. The van der Waals surface area contributed by atoms with Gasteiger partial charge in [0, 0.05) is 44.5 Å². The summed E-state index contributed by atoms with van der Waals surface area (Å²) in [6.07, 6.45) is 3.13. The molecule has 1 saturated heterocycles. The van der Waals surface area contributed by atoms with Crippen LogP contribution in [0.5, 0.6) is 0 Å². The lowest BCUT2D eigenvalue weighted by atomic mass is 10.2. The van der Waals surface area contributed by atoms with Crippen LogP contribution in [0.4, 0.5) is 5.82 Å². The van der Waals surface area contributed by atoms with E-state index in [0.717, 1.165) is 48.6 Å². The van der Waals surface area contributed by atoms with Crippen molar-refractivity contribution < 1.29 is 4.79 Å². The van der Waals surface area contributed by atoms with Crippen LogP contribution in [-0.2, 0) is 4.79 Å². The van der Waals surface area contributed by atoms with Crippen molar-refractivity contribution in [2.45, 2.75) is 12.8 Å². The molecule has 0 saturated carbocycles. The molecule has 7 heteroatoms. The number of hydrogen-bond acceptors (Lipinski definition) is 6. The van der Waals surface area contributed by atoms with Gasteiger partial charge in [0.25, 0.3) is 0 Å². The second-order valence-corrected chi connectivity index (χ2v) is 8.08. The van der Waals surface area contributed by atoms with E-state index in [1.54, 1.807) is 17.7 Å². The van der Waals surface area contributed by atoms with Crippen LogP contribution >= 0.6 is 11.3 Å². The minimum Gasteiger partial charge on any atom is -0.359 e. The summed E-state index contributed by atoms with van der Waals surface area (Å²) in [7, 11) is 2.00. The van der Waals surface area contributed by atoms with Crippen molar-refractivity contribution in [3.63, 3.8) is 0 Å². The summed E-state index contributed by atoms with van der Waals surface area (Å²) >= 11 is 1.67.